The second-order valence-electron chi connectivity index (χ2n) is 5.98. The lowest BCUT2D eigenvalue weighted by Gasteiger charge is -2.15. The van der Waals surface area contributed by atoms with Gasteiger partial charge in [-0.3, -0.25) is 4.79 Å². The molecule has 0 aliphatic carbocycles. The minimum absolute atomic E-state index is 0.216. The molecule has 1 N–H and O–H groups in total. The maximum Gasteiger partial charge on any atom is 0.284 e. The molecule has 146 valence electrons. The summed E-state index contributed by atoms with van der Waals surface area (Å²) in [5, 5.41) is 10.6. The summed E-state index contributed by atoms with van der Waals surface area (Å²) in [6, 6.07) is 20.1. The quantitative estimate of drug-likeness (QED) is 0.440. The van der Waals surface area contributed by atoms with Crippen molar-refractivity contribution in [3.8, 4) is 17.4 Å². The standard InChI is InChI=1S/C21H17N3O4S/c1-26-16-10-5-9-15(13-16)22-19(25)18(14-7-3-2-4-8-14)29-21-24-23-20(28-21)17-11-6-12-27-17/h2-13,18H,1H3,(H,22,25)/t18-/m1/s1. The molecule has 2 aromatic heterocycles. The molecule has 7 nitrogen and oxygen atoms in total. The van der Waals surface area contributed by atoms with E-state index in [9.17, 15) is 4.79 Å². The highest BCUT2D eigenvalue weighted by atomic mass is 32.2. The van der Waals surface area contributed by atoms with Crippen molar-refractivity contribution < 1.29 is 18.4 Å². The first-order valence-electron chi connectivity index (χ1n) is 8.77. The first-order valence-corrected chi connectivity index (χ1v) is 9.65. The van der Waals surface area contributed by atoms with Crippen LogP contribution in [-0.2, 0) is 4.79 Å². The number of aromatic nitrogens is 2. The summed E-state index contributed by atoms with van der Waals surface area (Å²) in [7, 11) is 1.58. The predicted molar refractivity (Wildman–Crippen MR) is 109 cm³/mol. The molecule has 2 heterocycles. The minimum atomic E-state index is -0.590. The van der Waals surface area contributed by atoms with E-state index in [-0.39, 0.29) is 17.0 Å². The molecule has 1 amide bonds. The van der Waals surface area contributed by atoms with Gasteiger partial charge in [-0.25, -0.2) is 0 Å². The number of benzene rings is 2. The Morgan fingerprint density at radius 2 is 1.93 bits per heavy atom. The van der Waals surface area contributed by atoms with Crippen molar-refractivity contribution in [1.82, 2.24) is 10.2 Å². The molecule has 0 aliphatic rings. The van der Waals surface area contributed by atoms with E-state index in [1.165, 1.54) is 18.0 Å². The largest absolute Gasteiger partial charge is 0.497 e. The zero-order valence-electron chi connectivity index (χ0n) is 15.4. The topological polar surface area (TPSA) is 90.4 Å². The average Bonchev–Trinajstić information content (AvgIpc) is 3.44. The van der Waals surface area contributed by atoms with Crippen LogP contribution in [0.5, 0.6) is 5.75 Å². The Bertz CT molecular complexity index is 1080. The van der Waals surface area contributed by atoms with Crippen molar-refractivity contribution in [3.05, 3.63) is 78.6 Å². The number of rotatable bonds is 7. The molecule has 8 heteroatoms. The molecule has 0 aliphatic heterocycles. The number of nitrogens with one attached hydrogen (secondary N) is 1. The van der Waals surface area contributed by atoms with E-state index >= 15 is 0 Å². The highest BCUT2D eigenvalue weighted by Crippen LogP contribution is 2.36. The number of furan rings is 1. The molecule has 0 spiro atoms. The summed E-state index contributed by atoms with van der Waals surface area (Å²) >= 11 is 1.17. The van der Waals surface area contributed by atoms with Crippen LogP contribution in [-0.4, -0.2) is 23.2 Å². The van der Waals surface area contributed by atoms with Crippen molar-refractivity contribution in [2.75, 3.05) is 12.4 Å². The van der Waals surface area contributed by atoms with Gasteiger partial charge in [-0.15, -0.1) is 10.2 Å². The molecule has 1 atom stereocenters. The Labute approximate surface area is 171 Å². The second-order valence-corrected chi connectivity index (χ2v) is 7.04. The van der Waals surface area contributed by atoms with Gasteiger partial charge in [0, 0.05) is 11.8 Å². The van der Waals surface area contributed by atoms with E-state index in [2.05, 4.69) is 15.5 Å². The summed E-state index contributed by atoms with van der Waals surface area (Å²) in [4.78, 5) is 13.1. The summed E-state index contributed by atoms with van der Waals surface area (Å²) in [6.45, 7) is 0. The molecule has 0 saturated heterocycles. The maximum atomic E-state index is 13.1. The Balaban J connectivity index is 1.57. The Hall–Kier alpha value is -3.52. The van der Waals surface area contributed by atoms with Crippen molar-refractivity contribution in [3.63, 3.8) is 0 Å². The van der Waals surface area contributed by atoms with Gasteiger partial charge in [0.2, 0.25) is 5.91 Å². The van der Waals surface area contributed by atoms with Gasteiger partial charge >= 0.3 is 0 Å². The zero-order chi connectivity index (χ0) is 20.1. The number of hydrogen-bond donors (Lipinski definition) is 1. The SMILES string of the molecule is COc1cccc(NC(=O)[C@H](Sc2nnc(-c3ccco3)o2)c2ccccc2)c1. The summed E-state index contributed by atoms with van der Waals surface area (Å²) in [6.07, 6.45) is 1.53. The van der Waals surface area contributed by atoms with Gasteiger partial charge in [-0.05, 0) is 41.6 Å². The lowest BCUT2D eigenvalue weighted by molar-refractivity contribution is -0.115. The van der Waals surface area contributed by atoms with E-state index < -0.39 is 5.25 Å². The van der Waals surface area contributed by atoms with Crippen molar-refractivity contribution >= 4 is 23.4 Å². The fourth-order valence-corrected chi connectivity index (χ4v) is 3.54. The van der Waals surface area contributed by atoms with Crippen LogP contribution in [0.25, 0.3) is 11.7 Å². The number of ether oxygens (including phenoxy) is 1. The minimum Gasteiger partial charge on any atom is -0.497 e. The van der Waals surface area contributed by atoms with Crippen molar-refractivity contribution in [1.29, 1.82) is 0 Å². The monoisotopic (exact) mass is 407 g/mol. The Kier molecular flexibility index (Phi) is 5.62. The van der Waals surface area contributed by atoms with Crippen LogP contribution < -0.4 is 10.1 Å². The maximum absolute atomic E-state index is 13.1. The van der Waals surface area contributed by atoms with Crippen molar-refractivity contribution in [2.45, 2.75) is 10.5 Å². The van der Waals surface area contributed by atoms with Gasteiger partial charge in [0.15, 0.2) is 5.76 Å². The number of carbonyl (C=O) groups excluding carboxylic acids is 1. The van der Waals surface area contributed by atoms with Crippen molar-refractivity contribution in [2.24, 2.45) is 0 Å². The lowest BCUT2D eigenvalue weighted by Crippen LogP contribution is -2.19. The first-order chi connectivity index (χ1) is 14.2. The molecule has 0 unspecified atom stereocenters. The van der Waals surface area contributed by atoms with E-state index in [0.29, 0.717) is 17.2 Å². The lowest BCUT2D eigenvalue weighted by atomic mass is 10.1. The number of carbonyl (C=O) groups is 1. The molecular formula is C21H17N3O4S. The van der Waals surface area contributed by atoms with Gasteiger partial charge < -0.3 is 18.9 Å². The number of nitrogens with zero attached hydrogens (tertiary/aromatic N) is 2. The number of anilines is 1. The van der Waals surface area contributed by atoms with Gasteiger partial charge in [-0.2, -0.15) is 0 Å². The number of amides is 1. The summed E-state index contributed by atoms with van der Waals surface area (Å²) in [5.74, 6) is 1.18. The van der Waals surface area contributed by atoms with Crippen LogP contribution in [0.15, 0.2) is 87.1 Å². The zero-order valence-corrected chi connectivity index (χ0v) is 16.3. The molecule has 4 aromatic rings. The van der Waals surface area contributed by atoms with Crippen LogP contribution >= 0.6 is 11.8 Å². The van der Waals surface area contributed by atoms with Gasteiger partial charge in [0.05, 0.1) is 13.4 Å². The molecule has 29 heavy (non-hydrogen) atoms. The van der Waals surface area contributed by atoms with E-state index in [4.69, 9.17) is 13.6 Å². The first kappa shape index (κ1) is 18.8. The number of methoxy groups -OCH3 is 1. The molecule has 0 fully saturated rings. The van der Waals surface area contributed by atoms with E-state index in [1.807, 2.05) is 42.5 Å². The van der Waals surface area contributed by atoms with Gasteiger partial charge in [0.1, 0.15) is 11.0 Å². The molecule has 0 radical (unpaired) electrons. The predicted octanol–water partition coefficient (Wildman–Crippen LogP) is 4.81. The van der Waals surface area contributed by atoms with Crippen LogP contribution in [0.3, 0.4) is 0 Å². The summed E-state index contributed by atoms with van der Waals surface area (Å²) < 4.78 is 16.2. The normalized spacial score (nSPS) is 11.8. The summed E-state index contributed by atoms with van der Waals surface area (Å²) in [5.41, 5.74) is 1.45. The van der Waals surface area contributed by atoms with E-state index in [1.54, 1.807) is 31.4 Å². The molecule has 0 saturated carbocycles. The van der Waals surface area contributed by atoms with Crippen LogP contribution in [0, 0.1) is 0 Å². The van der Waals surface area contributed by atoms with Gasteiger partial charge in [-0.1, -0.05) is 36.4 Å². The molecule has 4 rings (SSSR count). The van der Waals surface area contributed by atoms with Gasteiger partial charge in [0.25, 0.3) is 11.1 Å². The third-order valence-corrected chi connectivity index (χ3v) is 5.12. The smallest absolute Gasteiger partial charge is 0.284 e. The Morgan fingerprint density at radius 1 is 1.07 bits per heavy atom. The van der Waals surface area contributed by atoms with Crippen LogP contribution in [0.1, 0.15) is 10.8 Å². The highest BCUT2D eigenvalue weighted by molar-refractivity contribution is 8.00. The number of hydrogen-bond acceptors (Lipinski definition) is 7. The fraction of sp³-hybridized carbons (Fsp3) is 0.0952. The fourth-order valence-electron chi connectivity index (χ4n) is 2.67. The average molecular weight is 407 g/mol. The Morgan fingerprint density at radius 3 is 2.69 bits per heavy atom. The van der Waals surface area contributed by atoms with E-state index in [0.717, 1.165) is 5.56 Å². The molecule has 0 bridgehead atoms. The third kappa shape index (κ3) is 4.49. The molecule has 2 aromatic carbocycles. The second kappa shape index (κ2) is 8.66. The molecular weight excluding hydrogens is 390 g/mol. The highest BCUT2D eigenvalue weighted by Gasteiger charge is 2.25. The van der Waals surface area contributed by atoms with Crippen LogP contribution in [0.4, 0.5) is 5.69 Å². The van der Waals surface area contributed by atoms with Crippen LogP contribution in [0.2, 0.25) is 0 Å². The number of thioether (sulfide) groups is 1. The third-order valence-electron chi connectivity index (χ3n) is 4.03.